The standard InChI is InChI=1S/C24H18ClN3O/c25-17-11-12-20-18(13-17)19(14-26-20)23-24(29)28-22(16-9-5-2-6-10-16)21(27-23)15-7-3-1-4-8-15/h1-14,21-22,26H,(H,28,29)/t21-,22-/m1/s1. The van der Waals surface area contributed by atoms with E-state index in [1.807, 2.05) is 85.1 Å². The number of nitrogens with zero attached hydrogens (tertiary/aromatic N) is 1. The quantitative estimate of drug-likeness (QED) is 0.487. The van der Waals surface area contributed by atoms with E-state index in [0.29, 0.717) is 10.7 Å². The van der Waals surface area contributed by atoms with Gasteiger partial charge in [-0.2, -0.15) is 0 Å². The van der Waals surface area contributed by atoms with Gasteiger partial charge >= 0.3 is 0 Å². The Morgan fingerprint density at radius 1 is 0.862 bits per heavy atom. The largest absolute Gasteiger partial charge is 0.360 e. The molecule has 0 saturated heterocycles. The average Bonchev–Trinajstić information content (AvgIpc) is 3.17. The van der Waals surface area contributed by atoms with Crippen molar-refractivity contribution in [3.8, 4) is 0 Å². The number of H-pyrrole nitrogens is 1. The van der Waals surface area contributed by atoms with E-state index in [0.717, 1.165) is 27.6 Å². The van der Waals surface area contributed by atoms with Crippen LogP contribution in [-0.4, -0.2) is 16.6 Å². The fraction of sp³-hybridized carbons (Fsp3) is 0.0833. The molecule has 0 radical (unpaired) electrons. The summed E-state index contributed by atoms with van der Waals surface area (Å²) >= 11 is 6.20. The second kappa shape index (κ2) is 7.22. The molecule has 4 aromatic rings. The van der Waals surface area contributed by atoms with Crippen molar-refractivity contribution in [2.75, 3.05) is 0 Å². The highest BCUT2D eigenvalue weighted by Gasteiger charge is 2.34. The Balaban J connectivity index is 1.67. The third-order valence-electron chi connectivity index (χ3n) is 5.28. The van der Waals surface area contributed by atoms with Gasteiger partial charge in [-0.1, -0.05) is 72.3 Å². The van der Waals surface area contributed by atoms with Crippen LogP contribution in [0.2, 0.25) is 5.02 Å². The third-order valence-corrected chi connectivity index (χ3v) is 5.52. The lowest BCUT2D eigenvalue weighted by Gasteiger charge is -2.31. The van der Waals surface area contributed by atoms with E-state index in [1.165, 1.54) is 0 Å². The van der Waals surface area contributed by atoms with Gasteiger partial charge in [0.1, 0.15) is 11.8 Å². The van der Waals surface area contributed by atoms with Crippen LogP contribution in [0.4, 0.5) is 0 Å². The summed E-state index contributed by atoms with van der Waals surface area (Å²) in [5.41, 5.74) is 4.17. The van der Waals surface area contributed by atoms with Crippen LogP contribution in [0.25, 0.3) is 10.9 Å². The SMILES string of the molecule is O=C1N[C@H](c2ccccc2)[C@@H](c2ccccc2)N=C1c1c[nH]c2ccc(Cl)cc12. The van der Waals surface area contributed by atoms with Crippen LogP contribution in [-0.2, 0) is 4.79 Å². The third kappa shape index (κ3) is 3.22. The topological polar surface area (TPSA) is 57.2 Å². The maximum absolute atomic E-state index is 13.1. The molecule has 0 spiro atoms. The first-order chi connectivity index (χ1) is 14.2. The van der Waals surface area contributed by atoms with E-state index < -0.39 is 0 Å². The first-order valence-electron chi connectivity index (χ1n) is 9.46. The van der Waals surface area contributed by atoms with Crippen molar-refractivity contribution in [1.29, 1.82) is 0 Å². The molecule has 5 heteroatoms. The summed E-state index contributed by atoms with van der Waals surface area (Å²) in [5, 5.41) is 4.69. The van der Waals surface area contributed by atoms with Crippen LogP contribution in [0.5, 0.6) is 0 Å². The molecule has 0 fully saturated rings. The summed E-state index contributed by atoms with van der Waals surface area (Å²) < 4.78 is 0. The lowest BCUT2D eigenvalue weighted by Crippen LogP contribution is -2.42. The van der Waals surface area contributed by atoms with Gasteiger partial charge < -0.3 is 10.3 Å². The zero-order chi connectivity index (χ0) is 19.8. The van der Waals surface area contributed by atoms with E-state index in [2.05, 4.69) is 10.3 Å². The minimum absolute atomic E-state index is 0.188. The van der Waals surface area contributed by atoms with Gasteiger partial charge in [0.25, 0.3) is 5.91 Å². The summed E-state index contributed by atoms with van der Waals surface area (Å²) in [6.07, 6.45) is 1.82. The van der Waals surface area contributed by atoms with Crippen molar-refractivity contribution < 1.29 is 4.79 Å². The molecule has 1 aromatic heterocycles. The number of rotatable bonds is 3. The minimum Gasteiger partial charge on any atom is -0.360 e. The fourth-order valence-electron chi connectivity index (χ4n) is 3.88. The summed E-state index contributed by atoms with van der Waals surface area (Å²) in [5.74, 6) is -0.188. The zero-order valence-electron chi connectivity index (χ0n) is 15.5. The molecule has 2 N–H and O–H groups in total. The van der Waals surface area contributed by atoms with Crippen molar-refractivity contribution in [3.05, 3.63) is 107 Å². The number of nitrogens with one attached hydrogen (secondary N) is 2. The number of benzene rings is 3. The van der Waals surface area contributed by atoms with Crippen molar-refractivity contribution in [2.45, 2.75) is 12.1 Å². The van der Waals surface area contributed by atoms with Crippen molar-refractivity contribution in [3.63, 3.8) is 0 Å². The maximum Gasteiger partial charge on any atom is 0.270 e. The average molecular weight is 400 g/mol. The first-order valence-corrected chi connectivity index (χ1v) is 9.84. The van der Waals surface area contributed by atoms with Crippen LogP contribution in [0.15, 0.2) is 90.1 Å². The molecule has 4 nitrogen and oxygen atoms in total. The van der Waals surface area contributed by atoms with E-state index in [-0.39, 0.29) is 18.0 Å². The van der Waals surface area contributed by atoms with Gasteiger partial charge in [0.05, 0.1) is 6.04 Å². The van der Waals surface area contributed by atoms with Crippen LogP contribution < -0.4 is 5.32 Å². The number of amides is 1. The van der Waals surface area contributed by atoms with Crippen LogP contribution in [0, 0.1) is 0 Å². The van der Waals surface area contributed by atoms with E-state index in [4.69, 9.17) is 16.6 Å². The van der Waals surface area contributed by atoms with E-state index >= 15 is 0 Å². The Morgan fingerprint density at radius 2 is 1.55 bits per heavy atom. The number of fused-ring (bicyclic) bond motifs is 1. The Kier molecular flexibility index (Phi) is 4.41. The molecule has 0 bridgehead atoms. The summed E-state index contributed by atoms with van der Waals surface area (Å²) in [6, 6.07) is 25.2. The molecular weight excluding hydrogens is 382 g/mol. The van der Waals surface area contributed by atoms with Gasteiger partial charge in [0.15, 0.2) is 0 Å². The van der Waals surface area contributed by atoms with Gasteiger partial charge in [-0.25, -0.2) is 0 Å². The van der Waals surface area contributed by atoms with Gasteiger partial charge in [-0.05, 0) is 29.3 Å². The second-order valence-electron chi connectivity index (χ2n) is 7.09. The van der Waals surface area contributed by atoms with Gasteiger partial charge in [-0.3, -0.25) is 9.79 Å². The normalized spacial score (nSPS) is 19.1. The number of hydrogen-bond acceptors (Lipinski definition) is 2. The zero-order valence-corrected chi connectivity index (χ0v) is 16.2. The van der Waals surface area contributed by atoms with E-state index in [9.17, 15) is 4.79 Å². The van der Waals surface area contributed by atoms with Crippen LogP contribution in [0.3, 0.4) is 0 Å². The monoisotopic (exact) mass is 399 g/mol. The number of halogens is 1. The highest BCUT2D eigenvalue weighted by atomic mass is 35.5. The number of carbonyl (C=O) groups is 1. The fourth-order valence-corrected chi connectivity index (χ4v) is 4.06. The predicted octanol–water partition coefficient (Wildman–Crippen LogP) is 5.22. The Labute approximate surface area is 173 Å². The molecule has 5 rings (SSSR count). The van der Waals surface area contributed by atoms with Crippen molar-refractivity contribution in [1.82, 2.24) is 10.3 Å². The molecule has 1 aliphatic heterocycles. The number of hydrogen-bond donors (Lipinski definition) is 2. The van der Waals surface area contributed by atoms with Gasteiger partial charge in [-0.15, -0.1) is 0 Å². The predicted molar refractivity (Wildman–Crippen MR) is 116 cm³/mol. The van der Waals surface area contributed by atoms with Gasteiger partial charge in [0.2, 0.25) is 0 Å². The highest BCUT2D eigenvalue weighted by Crippen LogP contribution is 2.36. The molecule has 0 aliphatic carbocycles. The number of aromatic amines is 1. The summed E-state index contributed by atoms with van der Waals surface area (Å²) in [6.45, 7) is 0. The Hall–Kier alpha value is -3.37. The molecule has 0 saturated carbocycles. The molecule has 2 atom stereocenters. The van der Waals surface area contributed by atoms with Crippen LogP contribution in [0.1, 0.15) is 28.8 Å². The molecule has 2 heterocycles. The minimum atomic E-state index is -0.233. The Bertz CT molecular complexity index is 1210. The maximum atomic E-state index is 13.1. The number of aromatic nitrogens is 1. The molecule has 1 amide bonds. The van der Waals surface area contributed by atoms with Crippen molar-refractivity contribution >= 4 is 34.1 Å². The Morgan fingerprint density at radius 3 is 2.28 bits per heavy atom. The lowest BCUT2D eigenvalue weighted by molar-refractivity contribution is -0.116. The molecule has 142 valence electrons. The van der Waals surface area contributed by atoms with Crippen molar-refractivity contribution in [2.24, 2.45) is 4.99 Å². The van der Waals surface area contributed by atoms with Crippen LogP contribution >= 0.6 is 11.6 Å². The number of aliphatic imine (C=N–C) groups is 1. The summed E-state index contributed by atoms with van der Waals surface area (Å²) in [4.78, 5) is 21.3. The molecule has 3 aromatic carbocycles. The molecular formula is C24H18ClN3O. The number of carbonyl (C=O) groups excluding carboxylic acids is 1. The highest BCUT2D eigenvalue weighted by molar-refractivity contribution is 6.48. The second-order valence-corrected chi connectivity index (χ2v) is 7.52. The van der Waals surface area contributed by atoms with E-state index in [1.54, 1.807) is 0 Å². The van der Waals surface area contributed by atoms with Gasteiger partial charge in [0, 0.05) is 27.7 Å². The molecule has 29 heavy (non-hydrogen) atoms. The smallest absolute Gasteiger partial charge is 0.270 e. The summed E-state index contributed by atoms with van der Waals surface area (Å²) in [7, 11) is 0. The molecule has 0 unspecified atom stereocenters. The molecule has 1 aliphatic rings. The lowest BCUT2D eigenvalue weighted by atomic mass is 9.91. The first kappa shape index (κ1) is 17.7.